The van der Waals surface area contributed by atoms with E-state index in [4.69, 9.17) is 4.52 Å². The number of rotatable bonds is 6. The zero-order chi connectivity index (χ0) is 17.6. The van der Waals surface area contributed by atoms with E-state index in [0.29, 0.717) is 48.9 Å². The number of aromatic nitrogens is 2. The number of hydrogen-bond acceptors (Lipinski definition) is 4. The van der Waals surface area contributed by atoms with Gasteiger partial charge in [-0.2, -0.15) is 4.98 Å². The SMILES string of the molecule is C[C@H]1[C@H](C)CCC[C@H]1NC(=O)CCc1nc(Cc2ccccc2)no1. The highest BCUT2D eigenvalue weighted by molar-refractivity contribution is 5.76. The fraction of sp³-hybridized carbons (Fsp3) is 0.550. The van der Waals surface area contributed by atoms with Gasteiger partial charge in [0.25, 0.3) is 0 Å². The van der Waals surface area contributed by atoms with Gasteiger partial charge in [0.1, 0.15) is 0 Å². The van der Waals surface area contributed by atoms with E-state index < -0.39 is 0 Å². The molecule has 1 saturated carbocycles. The van der Waals surface area contributed by atoms with Crippen molar-refractivity contribution in [2.75, 3.05) is 0 Å². The molecule has 0 unspecified atom stereocenters. The Morgan fingerprint density at radius 1 is 1.24 bits per heavy atom. The molecule has 0 aliphatic heterocycles. The van der Waals surface area contributed by atoms with Crippen molar-refractivity contribution in [3.63, 3.8) is 0 Å². The molecule has 5 nitrogen and oxygen atoms in total. The van der Waals surface area contributed by atoms with Crippen LogP contribution in [-0.4, -0.2) is 22.1 Å². The number of nitrogens with one attached hydrogen (secondary N) is 1. The summed E-state index contributed by atoms with van der Waals surface area (Å²) in [6.45, 7) is 4.51. The van der Waals surface area contributed by atoms with E-state index in [1.54, 1.807) is 0 Å². The van der Waals surface area contributed by atoms with E-state index in [-0.39, 0.29) is 5.91 Å². The molecule has 1 heterocycles. The van der Waals surface area contributed by atoms with Gasteiger partial charge in [-0.05, 0) is 23.8 Å². The maximum absolute atomic E-state index is 12.2. The fourth-order valence-corrected chi connectivity index (χ4v) is 3.53. The molecule has 0 bridgehead atoms. The highest BCUT2D eigenvalue weighted by Gasteiger charge is 2.28. The van der Waals surface area contributed by atoms with Crippen molar-refractivity contribution in [3.8, 4) is 0 Å². The molecule has 3 rings (SSSR count). The molecule has 2 aromatic rings. The minimum absolute atomic E-state index is 0.0776. The maximum Gasteiger partial charge on any atom is 0.227 e. The second kappa shape index (κ2) is 8.28. The minimum atomic E-state index is 0.0776. The van der Waals surface area contributed by atoms with E-state index in [1.165, 1.54) is 12.8 Å². The average molecular weight is 341 g/mol. The van der Waals surface area contributed by atoms with Gasteiger partial charge in [-0.1, -0.05) is 62.2 Å². The molecule has 1 aromatic heterocycles. The molecule has 5 heteroatoms. The van der Waals surface area contributed by atoms with Crippen molar-refractivity contribution < 1.29 is 9.32 Å². The largest absolute Gasteiger partial charge is 0.353 e. The van der Waals surface area contributed by atoms with E-state index in [9.17, 15) is 4.79 Å². The lowest BCUT2D eigenvalue weighted by atomic mass is 9.78. The van der Waals surface area contributed by atoms with Crippen LogP contribution in [0.4, 0.5) is 0 Å². The van der Waals surface area contributed by atoms with Crippen LogP contribution in [-0.2, 0) is 17.6 Å². The van der Waals surface area contributed by atoms with Gasteiger partial charge in [0, 0.05) is 25.3 Å². The summed E-state index contributed by atoms with van der Waals surface area (Å²) < 4.78 is 5.27. The van der Waals surface area contributed by atoms with Crippen LogP contribution >= 0.6 is 0 Å². The fourth-order valence-electron chi connectivity index (χ4n) is 3.53. The molecular weight excluding hydrogens is 314 g/mol. The summed E-state index contributed by atoms with van der Waals surface area (Å²) in [6, 6.07) is 10.3. The van der Waals surface area contributed by atoms with E-state index in [0.717, 1.165) is 12.0 Å². The molecule has 1 fully saturated rings. The van der Waals surface area contributed by atoms with Crippen LogP contribution in [0.2, 0.25) is 0 Å². The van der Waals surface area contributed by atoms with Gasteiger partial charge in [-0.3, -0.25) is 4.79 Å². The van der Waals surface area contributed by atoms with Gasteiger partial charge in [-0.25, -0.2) is 0 Å². The van der Waals surface area contributed by atoms with Crippen LogP contribution in [0.5, 0.6) is 0 Å². The van der Waals surface area contributed by atoms with Crippen LogP contribution in [0.3, 0.4) is 0 Å². The summed E-state index contributed by atoms with van der Waals surface area (Å²) in [6.07, 6.45) is 5.07. The molecule has 0 radical (unpaired) electrons. The van der Waals surface area contributed by atoms with Crippen molar-refractivity contribution in [2.45, 2.75) is 58.4 Å². The predicted molar refractivity (Wildman–Crippen MR) is 96.0 cm³/mol. The molecule has 3 atom stereocenters. The number of benzene rings is 1. The van der Waals surface area contributed by atoms with Crippen LogP contribution in [0, 0.1) is 11.8 Å². The van der Waals surface area contributed by atoms with Crippen LogP contribution < -0.4 is 5.32 Å². The third-order valence-electron chi connectivity index (χ3n) is 5.33. The molecule has 134 valence electrons. The second-order valence-corrected chi connectivity index (χ2v) is 7.21. The number of hydrogen-bond donors (Lipinski definition) is 1. The van der Waals surface area contributed by atoms with Crippen molar-refractivity contribution in [2.24, 2.45) is 11.8 Å². The summed E-state index contributed by atoms with van der Waals surface area (Å²) in [5, 5.41) is 7.20. The highest BCUT2D eigenvalue weighted by Crippen LogP contribution is 2.29. The minimum Gasteiger partial charge on any atom is -0.353 e. The zero-order valence-corrected chi connectivity index (χ0v) is 15.1. The number of aryl methyl sites for hydroxylation is 1. The molecule has 1 amide bonds. The van der Waals surface area contributed by atoms with Gasteiger partial charge in [0.05, 0.1) is 0 Å². The third kappa shape index (κ3) is 4.91. The van der Waals surface area contributed by atoms with Crippen molar-refractivity contribution in [1.82, 2.24) is 15.5 Å². The van der Waals surface area contributed by atoms with Gasteiger partial charge in [-0.15, -0.1) is 0 Å². The Morgan fingerprint density at radius 3 is 2.84 bits per heavy atom. The molecule has 0 spiro atoms. The first-order chi connectivity index (χ1) is 12.1. The standard InChI is InChI=1S/C20H27N3O2/c1-14-7-6-10-17(15(14)2)21-19(24)11-12-20-22-18(23-25-20)13-16-8-4-3-5-9-16/h3-5,8-9,14-15,17H,6-7,10-13H2,1-2H3,(H,21,24)/t14-,15+,17-/m1/s1. The Labute approximate surface area is 149 Å². The number of amides is 1. The monoisotopic (exact) mass is 341 g/mol. The predicted octanol–water partition coefficient (Wildman–Crippen LogP) is 3.53. The summed E-state index contributed by atoms with van der Waals surface area (Å²) in [5.41, 5.74) is 1.15. The van der Waals surface area contributed by atoms with Gasteiger partial charge in [0.15, 0.2) is 5.82 Å². The Morgan fingerprint density at radius 2 is 2.04 bits per heavy atom. The lowest BCUT2D eigenvalue weighted by Crippen LogP contribution is -2.43. The Balaban J connectivity index is 1.46. The molecule has 1 N–H and O–H groups in total. The summed E-state index contributed by atoms with van der Waals surface area (Å²) >= 11 is 0. The molecule has 25 heavy (non-hydrogen) atoms. The summed E-state index contributed by atoms with van der Waals surface area (Å²) in [5.74, 6) is 2.49. The smallest absolute Gasteiger partial charge is 0.227 e. The van der Waals surface area contributed by atoms with Gasteiger partial charge in [0.2, 0.25) is 11.8 Å². The highest BCUT2D eigenvalue weighted by atomic mass is 16.5. The van der Waals surface area contributed by atoms with Gasteiger partial charge < -0.3 is 9.84 Å². The molecule has 1 aromatic carbocycles. The normalized spacial score (nSPS) is 23.4. The molecule has 1 aliphatic rings. The first-order valence-corrected chi connectivity index (χ1v) is 9.26. The molecule has 0 saturated heterocycles. The van der Waals surface area contributed by atoms with Crippen LogP contribution in [0.1, 0.15) is 56.8 Å². The number of carbonyl (C=O) groups excluding carboxylic acids is 1. The van der Waals surface area contributed by atoms with Crippen LogP contribution in [0.15, 0.2) is 34.9 Å². The lowest BCUT2D eigenvalue weighted by Gasteiger charge is -2.34. The summed E-state index contributed by atoms with van der Waals surface area (Å²) in [4.78, 5) is 16.6. The Bertz CT molecular complexity index is 683. The van der Waals surface area contributed by atoms with Crippen molar-refractivity contribution >= 4 is 5.91 Å². The molecule has 1 aliphatic carbocycles. The van der Waals surface area contributed by atoms with E-state index in [2.05, 4.69) is 29.3 Å². The zero-order valence-electron chi connectivity index (χ0n) is 15.1. The van der Waals surface area contributed by atoms with E-state index >= 15 is 0 Å². The average Bonchev–Trinajstić information content (AvgIpc) is 3.05. The summed E-state index contributed by atoms with van der Waals surface area (Å²) in [7, 11) is 0. The first-order valence-electron chi connectivity index (χ1n) is 9.26. The Hall–Kier alpha value is -2.17. The lowest BCUT2D eigenvalue weighted by molar-refractivity contribution is -0.122. The second-order valence-electron chi connectivity index (χ2n) is 7.21. The van der Waals surface area contributed by atoms with Crippen LogP contribution in [0.25, 0.3) is 0 Å². The van der Waals surface area contributed by atoms with Gasteiger partial charge >= 0.3 is 0 Å². The van der Waals surface area contributed by atoms with Crippen molar-refractivity contribution in [1.29, 1.82) is 0 Å². The number of nitrogens with zero attached hydrogens (tertiary/aromatic N) is 2. The maximum atomic E-state index is 12.2. The third-order valence-corrected chi connectivity index (χ3v) is 5.33. The van der Waals surface area contributed by atoms with E-state index in [1.807, 2.05) is 30.3 Å². The Kier molecular flexibility index (Phi) is 5.84. The quantitative estimate of drug-likeness (QED) is 0.873. The van der Waals surface area contributed by atoms with Crippen molar-refractivity contribution in [3.05, 3.63) is 47.6 Å². The molecular formula is C20H27N3O2. The topological polar surface area (TPSA) is 68.0 Å². The first kappa shape index (κ1) is 17.6. The number of carbonyl (C=O) groups is 1.